The van der Waals surface area contributed by atoms with Crippen molar-refractivity contribution in [2.45, 2.75) is 43.7 Å². The summed E-state index contributed by atoms with van der Waals surface area (Å²) in [5.74, 6) is -0.309. The van der Waals surface area contributed by atoms with Gasteiger partial charge in [-0.05, 0) is 43.5 Å². The summed E-state index contributed by atoms with van der Waals surface area (Å²) in [6.45, 7) is 5.85. The Kier molecular flexibility index (Phi) is 5.90. The Hall–Kier alpha value is -3.39. The highest BCUT2D eigenvalue weighted by Crippen LogP contribution is 2.31. The minimum Gasteiger partial charge on any atom is -0.324 e. The first-order valence-corrected chi connectivity index (χ1v) is 10.8. The van der Waals surface area contributed by atoms with Gasteiger partial charge >= 0.3 is 5.69 Å². The first kappa shape index (κ1) is 20.9. The Morgan fingerprint density at radius 2 is 1.97 bits per heavy atom. The maximum atomic E-state index is 12.8. The van der Waals surface area contributed by atoms with Crippen LogP contribution >= 0.6 is 11.8 Å². The third-order valence-electron chi connectivity index (χ3n) is 4.98. The Balaban J connectivity index is 1.61. The van der Waals surface area contributed by atoms with Gasteiger partial charge in [-0.2, -0.15) is 0 Å². The number of fused-ring (bicyclic) bond motifs is 1. The number of benzene rings is 2. The third kappa shape index (κ3) is 4.39. The lowest BCUT2D eigenvalue weighted by atomic mass is 10.1. The van der Waals surface area contributed by atoms with Gasteiger partial charge in [0.1, 0.15) is 11.6 Å². The minimum atomic E-state index is -0.376. The van der Waals surface area contributed by atoms with Crippen molar-refractivity contribution in [3.05, 3.63) is 82.0 Å². The van der Waals surface area contributed by atoms with Crippen molar-refractivity contribution in [1.82, 2.24) is 19.2 Å². The number of nitrogens with zero attached hydrogens (tertiary/aromatic N) is 4. The fraction of sp³-hybridized carbons (Fsp3) is 0.217. The summed E-state index contributed by atoms with van der Waals surface area (Å²) >= 11 is 1.47. The van der Waals surface area contributed by atoms with Crippen molar-refractivity contribution in [2.75, 3.05) is 5.32 Å². The molecule has 2 aromatic heterocycles. The van der Waals surface area contributed by atoms with E-state index < -0.39 is 0 Å². The van der Waals surface area contributed by atoms with Gasteiger partial charge in [0.15, 0.2) is 5.65 Å². The fourth-order valence-corrected chi connectivity index (χ4v) is 4.42. The monoisotopic (exact) mass is 433 g/mol. The van der Waals surface area contributed by atoms with Gasteiger partial charge in [0.25, 0.3) is 0 Å². The van der Waals surface area contributed by atoms with Crippen molar-refractivity contribution in [3.8, 4) is 0 Å². The largest absolute Gasteiger partial charge is 0.350 e. The quantitative estimate of drug-likeness (QED) is 0.499. The molecule has 0 spiro atoms. The molecule has 158 valence electrons. The molecular weight excluding hydrogens is 410 g/mol. The minimum absolute atomic E-state index is 0.177. The SMILES string of the molecule is CCc1ccccc1Sc1nccn2c(=O)n(CC(=O)Nc3ccc(C)cc3C)nc12. The van der Waals surface area contributed by atoms with Crippen LogP contribution in [0.5, 0.6) is 0 Å². The predicted molar refractivity (Wildman–Crippen MR) is 122 cm³/mol. The van der Waals surface area contributed by atoms with Gasteiger partial charge in [0.05, 0.1) is 0 Å². The van der Waals surface area contributed by atoms with E-state index in [0.29, 0.717) is 10.7 Å². The summed E-state index contributed by atoms with van der Waals surface area (Å²) in [6, 6.07) is 13.9. The zero-order chi connectivity index (χ0) is 22.0. The number of rotatable bonds is 6. The molecule has 7 nitrogen and oxygen atoms in total. The number of aryl methyl sites for hydroxylation is 3. The van der Waals surface area contributed by atoms with Crippen molar-refractivity contribution >= 4 is 29.0 Å². The maximum absolute atomic E-state index is 12.8. The highest BCUT2D eigenvalue weighted by molar-refractivity contribution is 7.99. The van der Waals surface area contributed by atoms with E-state index in [1.807, 2.05) is 50.2 Å². The Labute approximate surface area is 184 Å². The predicted octanol–water partition coefficient (Wildman–Crippen LogP) is 3.86. The number of anilines is 1. The molecule has 0 saturated heterocycles. The van der Waals surface area contributed by atoms with Gasteiger partial charge in [-0.1, -0.05) is 54.6 Å². The Bertz CT molecular complexity index is 1330. The molecule has 8 heteroatoms. The number of aromatic nitrogens is 4. The van der Waals surface area contributed by atoms with Gasteiger partial charge < -0.3 is 5.32 Å². The maximum Gasteiger partial charge on any atom is 0.350 e. The molecule has 0 saturated carbocycles. The first-order valence-electron chi connectivity index (χ1n) is 10.0. The summed E-state index contributed by atoms with van der Waals surface area (Å²) in [6.07, 6.45) is 4.04. The van der Waals surface area contributed by atoms with E-state index in [1.54, 1.807) is 12.4 Å². The van der Waals surface area contributed by atoms with Gasteiger partial charge in [0.2, 0.25) is 5.91 Å². The molecule has 0 aliphatic carbocycles. The van der Waals surface area contributed by atoms with E-state index in [4.69, 9.17) is 0 Å². The highest BCUT2D eigenvalue weighted by Gasteiger charge is 2.16. The number of amides is 1. The summed E-state index contributed by atoms with van der Waals surface area (Å²) in [7, 11) is 0. The molecule has 0 unspecified atom stereocenters. The second kappa shape index (κ2) is 8.77. The number of hydrogen-bond acceptors (Lipinski definition) is 5. The third-order valence-corrected chi connectivity index (χ3v) is 6.08. The fourth-order valence-electron chi connectivity index (χ4n) is 3.38. The van der Waals surface area contributed by atoms with E-state index in [2.05, 4.69) is 28.4 Å². The molecule has 2 aromatic carbocycles. The van der Waals surface area contributed by atoms with Crippen LogP contribution in [0.25, 0.3) is 5.65 Å². The molecule has 0 bridgehead atoms. The number of hydrogen-bond donors (Lipinski definition) is 1. The van der Waals surface area contributed by atoms with Gasteiger partial charge in [-0.15, -0.1) is 5.10 Å². The van der Waals surface area contributed by atoms with Crippen LogP contribution in [0.4, 0.5) is 5.69 Å². The van der Waals surface area contributed by atoms with Crippen molar-refractivity contribution < 1.29 is 4.79 Å². The standard InChI is InChI=1S/C23H23N5O2S/c1-4-17-7-5-6-8-19(17)31-22-21-26-28(23(30)27(21)12-11-24-22)14-20(29)25-18-10-9-15(2)13-16(18)3/h5-13H,4,14H2,1-3H3,(H,25,29). The number of carbonyl (C=O) groups excluding carboxylic acids is 1. The van der Waals surface area contributed by atoms with Crippen LogP contribution < -0.4 is 11.0 Å². The van der Waals surface area contributed by atoms with Crippen LogP contribution in [0.1, 0.15) is 23.6 Å². The summed E-state index contributed by atoms with van der Waals surface area (Å²) in [5, 5.41) is 7.88. The van der Waals surface area contributed by atoms with Gasteiger partial charge in [-0.25, -0.2) is 18.9 Å². The molecule has 0 atom stereocenters. The Morgan fingerprint density at radius 3 is 2.74 bits per heavy atom. The zero-order valence-electron chi connectivity index (χ0n) is 17.6. The molecule has 0 fully saturated rings. The molecule has 31 heavy (non-hydrogen) atoms. The summed E-state index contributed by atoms with van der Waals surface area (Å²) in [5.41, 5.74) is 4.07. The van der Waals surface area contributed by atoms with Gasteiger partial charge in [0, 0.05) is 23.0 Å². The molecule has 4 aromatic rings. The molecule has 0 aliphatic rings. The number of nitrogens with one attached hydrogen (secondary N) is 1. The molecule has 0 radical (unpaired) electrons. The molecule has 1 N–H and O–H groups in total. The van der Waals surface area contributed by atoms with Crippen LogP contribution in [0.15, 0.2) is 69.6 Å². The summed E-state index contributed by atoms with van der Waals surface area (Å²) in [4.78, 5) is 30.9. The molecule has 0 aliphatic heterocycles. The second-order valence-electron chi connectivity index (χ2n) is 7.30. The Morgan fingerprint density at radius 1 is 1.16 bits per heavy atom. The van der Waals surface area contributed by atoms with E-state index in [9.17, 15) is 9.59 Å². The zero-order valence-corrected chi connectivity index (χ0v) is 18.4. The van der Waals surface area contributed by atoms with E-state index in [0.717, 1.165) is 28.1 Å². The average Bonchev–Trinajstić information content (AvgIpc) is 3.07. The molecule has 4 rings (SSSR count). The van der Waals surface area contributed by atoms with E-state index in [1.165, 1.54) is 26.4 Å². The lowest BCUT2D eigenvalue weighted by Crippen LogP contribution is -2.28. The smallest absolute Gasteiger partial charge is 0.324 e. The average molecular weight is 434 g/mol. The topological polar surface area (TPSA) is 81.3 Å². The highest BCUT2D eigenvalue weighted by atomic mass is 32.2. The van der Waals surface area contributed by atoms with Crippen molar-refractivity contribution in [2.24, 2.45) is 0 Å². The van der Waals surface area contributed by atoms with Crippen LogP contribution in [-0.4, -0.2) is 25.1 Å². The van der Waals surface area contributed by atoms with Crippen LogP contribution in [0.3, 0.4) is 0 Å². The van der Waals surface area contributed by atoms with E-state index in [-0.39, 0.29) is 18.1 Å². The van der Waals surface area contributed by atoms with Crippen molar-refractivity contribution in [1.29, 1.82) is 0 Å². The lowest BCUT2D eigenvalue weighted by Gasteiger charge is -2.08. The van der Waals surface area contributed by atoms with Crippen LogP contribution in [0, 0.1) is 13.8 Å². The van der Waals surface area contributed by atoms with Crippen LogP contribution in [-0.2, 0) is 17.8 Å². The molecular formula is C23H23N5O2S. The van der Waals surface area contributed by atoms with Crippen LogP contribution in [0.2, 0.25) is 0 Å². The molecule has 1 amide bonds. The van der Waals surface area contributed by atoms with E-state index >= 15 is 0 Å². The molecule has 2 heterocycles. The number of carbonyl (C=O) groups is 1. The normalized spacial score (nSPS) is 11.1. The second-order valence-corrected chi connectivity index (χ2v) is 8.33. The van der Waals surface area contributed by atoms with Crippen molar-refractivity contribution in [3.63, 3.8) is 0 Å². The first-order chi connectivity index (χ1) is 15.0. The van der Waals surface area contributed by atoms with Gasteiger partial charge in [-0.3, -0.25) is 4.79 Å². The lowest BCUT2D eigenvalue weighted by molar-refractivity contribution is -0.117. The summed E-state index contributed by atoms with van der Waals surface area (Å²) < 4.78 is 2.60.